The third-order valence-corrected chi connectivity index (χ3v) is 6.55. The van der Waals surface area contributed by atoms with Crippen LogP contribution in [0, 0.1) is 25.2 Å². The summed E-state index contributed by atoms with van der Waals surface area (Å²) in [4.78, 5) is 20.8. The molecular weight excluding hydrogens is 378 g/mol. The largest absolute Gasteiger partial charge is 0.322 e. The quantitative estimate of drug-likeness (QED) is 0.507. The van der Waals surface area contributed by atoms with Crippen molar-refractivity contribution in [1.29, 1.82) is 5.26 Å². The number of hydrogen-bond donors (Lipinski definition) is 1. The second-order valence-corrected chi connectivity index (χ2v) is 8.68. The SMILES string of the molecule is Cc1nc(-c2ccccc2)sc1CC(C)(C#N)c1ccc2cc(C)c(=O)[nH]c2c1. The lowest BCUT2D eigenvalue weighted by Crippen LogP contribution is -2.23. The van der Waals surface area contributed by atoms with Gasteiger partial charge in [0.15, 0.2) is 0 Å². The molecule has 0 fully saturated rings. The molecule has 1 unspecified atom stereocenters. The smallest absolute Gasteiger partial charge is 0.251 e. The van der Waals surface area contributed by atoms with E-state index in [2.05, 4.69) is 11.1 Å². The van der Waals surface area contributed by atoms with E-state index in [1.807, 2.05) is 68.4 Å². The number of rotatable bonds is 4. The van der Waals surface area contributed by atoms with Crippen LogP contribution in [-0.2, 0) is 11.8 Å². The van der Waals surface area contributed by atoms with E-state index in [1.165, 1.54) is 0 Å². The van der Waals surface area contributed by atoms with Gasteiger partial charge >= 0.3 is 0 Å². The lowest BCUT2D eigenvalue weighted by molar-refractivity contribution is 0.610. The minimum atomic E-state index is -0.721. The van der Waals surface area contributed by atoms with Gasteiger partial charge in [0.25, 0.3) is 5.56 Å². The molecule has 0 saturated carbocycles. The maximum Gasteiger partial charge on any atom is 0.251 e. The Kier molecular flexibility index (Phi) is 4.81. The molecule has 0 aliphatic rings. The highest BCUT2D eigenvalue weighted by Gasteiger charge is 2.29. The standard InChI is InChI=1S/C24H21N3OS/c1-15-11-18-9-10-19(12-20(18)27-22(15)28)24(3,14-25)13-21-16(2)26-23(29-21)17-7-5-4-6-8-17/h4-12H,13H2,1-3H3,(H,27,28). The van der Waals surface area contributed by atoms with Gasteiger partial charge in [-0.3, -0.25) is 4.79 Å². The number of benzene rings is 2. The van der Waals surface area contributed by atoms with Crippen LogP contribution in [-0.4, -0.2) is 9.97 Å². The van der Waals surface area contributed by atoms with Gasteiger partial charge in [0.05, 0.1) is 17.2 Å². The van der Waals surface area contributed by atoms with Crippen molar-refractivity contribution in [2.24, 2.45) is 0 Å². The van der Waals surface area contributed by atoms with Crippen LogP contribution in [0.2, 0.25) is 0 Å². The van der Waals surface area contributed by atoms with Gasteiger partial charge in [0, 0.05) is 27.9 Å². The molecule has 144 valence electrons. The number of hydrogen-bond acceptors (Lipinski definition) is 4. The van der Waals surface area contributed by atoms with E-state index < -0.39 is 5.41 Å². The Morgan fingerprint density at radius 3 is 2.62 bits per heavy atom. The molecular formula is C24H21N3OS. The first-order chi connectivity index (χ1) is 13.9. The third-order valence-electron chi connectivity index (χ3n) is 5.34. The van der Waals surface area contributed by atoms with Gasteiger partial charge in [-0.2, -0.15) is 5.26 Å². The number of aryl methyl sites for hydroxylation is 2. The topological polar surface area (TPSA) is 69.5 Å². The molecule has 0 radical (unpaired) electrons. The molecule has 2 aromatic heterocycles. The van der Waals surface area contributed by atoms with Crippen LogP contribution in [0.4, 0.5) is 0 Å². The first kappa shape index (κ1) is 19.1. The van der Waals surface area contributed by atoms with Gasteiger partial charge in [-0.1, -0.05) is 42.5 Å². The highest BCUT2D eigenvalue weighted by atomic mass is 32.1. The molecule has 4 aromatic rings. The van der Waals surface area contributed by atoms with Crippen molar-refractivity contribution in [3.05, 3.63) is 86.6 Å². The van der Waals surface area contributed by atoms with Gasteiger partial charge in [-0.25, -0.2) is 4.98 Å². The zero-order chi connectivity index (χ0) is 20.6. The van der Waals surface area contributed by atoms with Crippen LogP contribution < -0.4 is 5.56 Å². The molecule has 1 atom stereocenters. The van der Waals surface area contributed by atoms with E-state index in [-0.39, 0.29) is 5.56 Å². The van der Waals surface area contributed by atoms with Gasteiger partial charge < -0.3 is 4.98 Å². The second kappa shape index (κ2) is 7.31. The van der Waals surface area contributed by atoms with E-state index in [0.717, 1.165) is 37.6 Å². The van der Waals surface area contributed by atoms with Crippen LogP contribution in [0.5, 0.6) is 0 Å². The van der Waals surface area contributed by atoms with Gasteiger partial charge in [0.2, 0.25) is 0 Å². The van der Waals surface area contributed by atoms with Crippen LogP contribution in [0.1, 0.15) is 28.6 Å². The number of pyridine rings is 1. The summed E-state index contributed by atoms with van der Waals surface area (Å²) < 4.78 is 0. The fourth-order valence-corrected chi connectivity index (χ4v) is 4.70. The van der Waals surface area contributed by atoms with Crippen molar-refractivity contribution in [2.75, 3.05) is 0 Å². The van der Waals surface area contributed by atoms with Crippen molar-refractivity contribution >= 4 is 22.2 Å². The van der Waals surface area contributed by atoms with Crippen LogP contribution in [0.3, 0.4) is 0 Å². The van der Waals surface area contributed by atoms with E-state index in [0.29, 0.717) is 12.0 Å². The molecule has 5 heteroatoms. The van der Waals surface area contributed by atoms with E-state index in [4.69, 9.17) is 4.98 Å². The molecule has 1 N–H and O–H groups in total. The maximum atomic E-state index is 12.0. The van der Waals surface area contributed by atoms with E-state index >= 15 is 0 Å². The summed E-state index contributed by atoms with van der Waals surface area (Å²) in [6.07, 6.45) is 0.571. The lowest BCUT2D eigenvalue weighted by atomic mass is 9.80. The first-order valence-corrected chi connectivity index (χ1v) is 10.3. The van der Waals surface area contributed by atoms with Gasteiger partial charge in [-0.05, 0) is 43.9 Å². The molecule has 0 aliphatic carbocycles. The van der Waals surface area contributed by atoms with Crippen LogP contribution in [0.25, 0.3) is 21.5 Å². The Labute approximate surface area is 173 Å². The Morgan fingerprint density at radius 1 is 1.14 bits per heavy atom. The molecule has 2 heterocycles. The molecule has 0 amide bonds. The number of thiazole rings is 1. The molecule has 0 saturated heterocycles. The number of H-pyrrole nitrogens is 1. The summed E-state index contributed by atoms with van der Waals surface area (Å²) in [6.45, 7) is 5.74. The summed E-state index contributed by atoms with van der Waals surface area (Å²) in [5.74, 6) is 0. The summed E-state index contributed by atoms with van der Waals surface area (Å²) in [7, 11) is 0. The zero-order valence-electron chi connectivity index (χ0n) is 16.6. The number of nitriles is 1. The van der Waals surface area contributed by atoms with Gasteiger partial charge in [0.1, 0.15) is 5.01 Å². The third kappa shape index (κ3) is 3.59. The van der Waals surface area contributed by atoms with Crippen LogP contribution >= 0.6 is 11.3 Å². The van der Waals surface area contributed by atoms with Crippen molar-refractivity contribution in [3.63, 3.8) is 0 Å². The molecule has 4 rings (SSSR count). The Morgan fingerprint density at radius 2 is 1.90 bits per heavy atom. The summed E-state index contributed by atoms with van der Waals surface area (Å²) in [6, 6.07) is 20.3. The fourth-order valence-electron chi connectivity index (χ4n) is 3.48. The number of aromatic nitrogens is 2. The van der Waals surface area contributed by atoms with E-state index in [1.54, 1.807) is 18.3 Å². The number of nitrogens with one attached hydrogen (secondary N) is 1. The predicted molar refractivity (Wildman–Crippen MR) is 118 cm³/mol. The van der Waals surface area contributed by atoms with Crippen LogP contribution in [0.15, 0.2) is 59.4 Å². The highest BCUT2D eigenvalue weighted by molar-refractivity contribution is 7.15. The number of aromatic amines is 1. The summed E-state index contributed by atoms with van der Waals surface area (Å²) in [5.41, 5.74) is 3.55. The van der Waals surface area contributed by atoms with Gasteiger partial charge in [-0.15, -0.1) is 11.3 Å². The summed E-state index contributed by atoms with van der Waals surface area (Å²) >= 11 is 1.64. The Bertz CT molecular complexity index is 1300. The Balaban J connectivity index is 1.73. The van der Waals surface area contributed by atoms with Crippen molar-refractivity contribution < 1.29 is 0 Å². The van der Waals surface area contributed by atoms with E-state index in [9.17, 15) is 10.1 Å². The highest BCUT2D eigenvalue weighted by Crippen LogP contribution is 2.35. The second-order valence-electron chi connectivity index (χ2n) is 7.60. The van der Waals surface area contributed by atoms with Crippen molar-refractivity contribution in [3.8, 4) is 16.6 Å². The fraction of sp³-hybridized carbons (Fsp3) is 0.208. The summed E-state index contributed by atoms with van der Waals surface area (Å²) in [5, 5.41) is 12.0. The molecule has 0 bridgehead atoms. The average molecular weight is 400 g/mol. The zero-order valence-corrected chi connectivity index (χ0v) is 17.4. The molecule has 0 spiro atoms. The lowest BCUT2D eigenvalue weighted by Gasteiger charge is -2.22. The molecule has 4 nitrogen and oxygen atoms in total. The molecule has 2 aromatic carbocycles. The predicted octanol–water partition coefficient (Wildman–Crippen LogP) is 5.29. The Hall–Kier alpha value is -3.23. The first-order valence-electron chi connectivity index (χ1n) is 9.47. The monoisotopic (exact) mass is 399 g/mol. The van der Waals surface area contributed by atoms with Crippen molar-refractivity contribution in [1.82, 2.24) is 9.97 Å². The molecule has 29 heavy (non-hydrogen) atoms. The molecule has 0 aliphatic heterocycles. The number of nitrogens with zero attached hydrogens (tertiary/aromatic N) is 2. The number of fused-ring (bicyclic) bond motifs is 1. The normalized spacial score (nSPS) is 13.2. The maximum absolute atomic E-state index is 12.0. The van der Waals surface area contributed by atoms with Crippen molar-refractivity contribution in [2.45, 2.75) is 32.6 Å². The average Bonchev–Trinajstić information content (AvgIpc) is 3.09. The minimum absolute atomic E-state index is 0.0980. The minimum Gasteiger partial charge on any atom is -0.322 e.